The van der Waals surface area contributed by atoms with Crippen molar-refractivity contribution in [2.75, 3.05) is 13.1 Å². The lowest BCUT2D eigenvalue weighted by Gasteiger charge is -2.21. The maximum absolute atomic E-state index is 14.4. The second kappa shape index (κ2) is 12.1. The Hall–Kier alpha value is -2.77. The van der Waals surface area contributed by atoms with E-state index < -0.39 is 12.0 Å². The monoisotopic (exact) mass is 472 g/mol. The van der Waals surface area contributed by atoms with Crippen LogP contribution in [0, 0.1) is 5.92 Å². The zero-order valence-electron chi connectivity index (χ0n) is 19.6. The summed E-state index contributed by atoms with van der Waals surface area (Å²) in [5.74, 6) is -2.86. The highest BCUT2D eigenvalue weighted by Crippen LogP contribution is 2.36. The van der Waals surface area contributed by atoms with Crippen LogP contribution in [-0.2, 0) is 5.92 Å². The van der Waals surface area contributed by atoms with Crippen molar-refractivity contribution in [3.63, 3.8) is 0 Å². The predicted octanol–water partition coefficient (Wildman–Crippen LogP) is 5.63. The Morgan fingerprint density at radius 2 is 1.74 bits per heavy atom. The number of hydrogen-bond donors (Lipinski definition) is 4. The van der Waals surface area contributed by atoms with E-state index in [-0.39, 0.29) is 29.2 Å². The standard InChI is InChI=1S/C27H34F2N2O3/c1-19(17-27(28,29)20-10-6-4-7-11-20)9-5-2-3-8-16-30-18-24(33)21-12-14-23(32)26-22(21)13-15-25(34)31-26/h4,6-7,10-15,19,24,30,32-33H,2-3,5,8-9,16-18H2,1H3,(H,31,34)/t19-,24+/m1/s1. The van der Waals surface area contributed by atoms with Gasteiger partial charge >= 0.3 is 0 Å². The number of rotatable bonds is 13. The minimum Gasteiger partial charge on any atom is -0.506 e. The Bertz CT molecular complexity index is 1100. The van der Waals surface area contributed by atoms with Crippen molar-refractivity contribution in [1.29, 1.82) is 0 Å². The van der Waals surface area contributed by atoms with E-state index in [9.17, 15) is 23.8 Å². The molecule has 0 spiro atoms. The number of benzene rings is 2. The number of alkyl halides is 2. The molecule has 184 valence electrons. The first-order chi connectivity index (χ1) is 16.3. The van der Waals surface area contributed by atoms with Gasteiger partial charge in [-0.15, -0.1) is 0 Å². The largest absolute Gasteiger partial charge is 0.506 e. The van der Waals surface area contributed by atoms with Gasteiger partial charge in [0.25, 0.3) is 5.92 Å². The number of aliphatic hydroxyl groups excluding tert-OH is 1. The zero-order valence-corrected chi connectivity index (χ0v) is 19.6. The van der Waals surface area contributed by atoms with Gasteiger partial charge in [0.05, 0.1) is 11.6 Å². The summed E-state index contributed by atoms with van der Waals surface area (Å²) in [5, 5.41) is 24.4. The average Bonchev–Trinajstić information content (AvgIpc) is 2.81. The summed E-state index contributed by atoms with van der Waals surface area (Å²) in [5.41, 5.74) is 0.730. The lowest BCUT2D eigenvalue weighted by Crippen LogP contribution is -2.22. The summed E-state index contributed by atoms with van der Waals surface area (Å²) in [6, 6.07) is 14.1. The van der Waals surface area contributed by atoms with Crippen LogP contribution >= 0.6 is 0 Å². The Morgan fingerprint density at radius 3 is 2.50 bits per heavy atom. The van der Waals surface area contributed by atoms with E-state index in [1.165, 1.54) is 24.3 Å². The summed E-state index contributed by atoms with van der Waals surface area (Å²) in [6.45, 7) is 2.98. The molecule has 0 aliphatic rings. The van der Waals surface area contributed by atoms with Gasteiger partial charge in [0.15, 0.2) is 0 Å². The van der Waals surface area contributed by atoms with Crippen LogP contribution in [-0.4, -0.2) is 28.3 Å². The smallest absolute Gasteiger partial charge is 0.273 e. The Morgan fingerprint density at radius 1 is 1.00 bits per heavy atom. The van der Waals surface area contributed by atoms with Gasteiger partial charge in [0.2, 0.25) is 5.56 Å². The Balaban J connectivity index is 1.32. The molecule has 3 rings (SSSR count). The molecular weight excluding hydrogens is 438 g/mol. The number of aromatic nitrogens is 1. The first-order valence-corrected chi connectivity index (χ1v) is 11.9. The van der Waals surface area contributed by atoms with Gasteiger partial charge in [0.1, 0.15) is 5.75 Å². The van der Waals surface area contributed by atoms with Gasteiger partial charge in [-0.3, -0.25) is 4.79 Å². The van der Waals surface area contributed by atoms with Gasteiger partial charge in [-0.1, -0.05) is 69.0 Å². The number of hydrogen-bond acceptors (Lipinski definition) is 4. The van der Waals surface area contributed by atoms with E-state index in [4.69, 9.17) is 0 Å². The molecule has 0 bridgehead atoms. The predicted molar refractivity (Wildman–Crippen MR) is 131 cm³/mol. The quantitative estimate of drug-likeness (QED) is 0.243. The first-order valence-electron chi connectivity index (χ1n) is 11.9. The highest BCUT2D eigenvalue weighted by atomic mass is 19.3. The van der Waals surface area contributed by atoms with Crippen molar-refractivity contribution in [3.8, 4) is 5.75 Å². The average molecular weight is 473 g/mol. The molecule has 0 aliphatic carbocycles. The van der Waals surface area contributed by atoms with Gasteiger partial charge in [-0.25, -0.2) is 8.78 Å². The van der Waals surface area contributed by atoms with Crippen molar-refractivity contribution in [2.24, 2.45) is 5.92 Å². The van der Waals surface area contributed by atoms with Gasteiger partial charge in [-0.2, -0.15) is 0 Å². The summed E-state index contributed by atoms with van der Waals surface area (Å²) in [6.07, 6.45) is 3.72. The second-order valence-electron chi connectivity index (χ2n) is 9.09. The van der Waals surface area contributed by atoms with Crippen LogP contribution in [0.4, 0.5) is 8.78 Å². The van der Waals surface area contributed by atoms with Crippen LogP contribution in [0.1, 0.15) is 62.7 Å². The molecule has 0 radical (unpaired) electrons. The Labute approximate surface area is 198 Å². The fourth-order valence-electron chi connectivity index (χ4n) is 4.33. The molecule has 1 aromatic heterocycles. The third kappa shape index (κ3) is 7.11. The van der Waals surface area contributed by atoms with E-state index in [1.807, 2.05) is 6.92 Å². The van der Waals surface area contributed by atoms with Crippen molar-refractivity contribution >= 4 is 10.9 Å². The van der Waals surface area contributed by atoms with Crippen LogP contribution < -0.4 is 10.9 Å². The second-order valence-corrected chi connectivity index (χ2v) is 9.09. The van der Waals surface area contributed by atoms with E-state index in [1.54, 1.807) is 30.3 Å². The van der Waals surface area contributed by atoms with Crippen LogP contribution in [0.15, 0.2) is 59.4 Å². The van der Waals surface area contributed by atoms with E-state index >= 15 is 0 Å². The normalized spacial score (nSPS) is 13.8. The molecule has 0 saturated heterocycles. The number of aromatic hydroxyl groups is 1. The molecule has 5 nitrogen and oxygen atoms in total. The number of unbranched alkanes of at least 4 members (excludes halogenated alkanes) is 3. The summed E-state index contributed by atoms with van der Waals surface area (Å²) in [4.78, 5) is 14.1. The van der Waals surface area contributed by atoms with Crippen molar-refractivity contribution < 1.29 is 19.0 Å². The highest BCUT2D eigenvalue weighted by Gasteiger charge is 2.32. The summed E-state index contributed by atoms with van der Waals surface area (Å²) < 4.78 is 28.8. The highest BCUT2D eigenvalue weighted by molar-refractivity contribution is 5.87. The molecule has 3 aromatic rings. The summed E-state index contributed by atoms with van der Waals surface area (Å²) in [7, 11) is 0. The van der Waals surface area contributed by atoms with Crippen molar-refractivity contribution in [1.82, 2.24) is 10.3 Å². The molecule has 4 N–H and O–H groups in total. The molecule has 34 heavy (non-hydrogen) atoms. The van der Waals surface area contributed by atoms with E-state index in [2.05, 4.69) is 10.3 Å². The van der Waals surface area contributed by atoms with Gasteiger partial charge in [0, 0.05) is 30.0 Å². The van der Waals surface area contributed by atoms with Crippen LogP contribution in [0.25, 0.3) is 10.9 Å². The molecule has 0 fully saturated rings. The SMILES string of the molecule is C[C@H](CCCCCCNC[C@H](O)c1ccc(O)c2[nH]c(=O)ccc12)CC(F)(F)c1ccccc1. The molecule has 0 amide bonds. The van der Waals surface area contributed by atoms with Crippen LogP contribution in [0.3, 0.4) is 0 Å². The lowest BCUT2D eigenvalue weighted by molar-refractivity contribution is -0.0281. The topological polar surface area (TPSA) is 85.3 Å². The van der Waals surface area contributed by atoms with Gasteiger partial charge < -0.3 is 20.5 Å². The molecule has 0 aliphatic heterocycles. The van der Waals surface area contributed by atoms with Crippen LogP contribution in [0.5, 0.6) is 5.75 Å². The fraction of sp³-hybridized carbons (Fsp3) is 0.444. The first kappa shape index (κ1) is 25.8. The maximum atomic E-state index is 14.4. The number of H-pyrrole nitrogens is 1. The van der Waals surface area contributed by atoms with E-state index in [0.717, 1.165) is 38.6 Å². The molecule has 2 aromatic carbocycles. The third-order valence-corrected chi connectivity index (χ3v) is 6.20. The molecule has 2 atom stereocenters. The lowest BCUT2D eigenvalue weighted by atomic mass is 9.93. The number of phenols is 1. The molecule has 1 heterocycles. The minimum atomic E-state index is -2.79. The molecule has 7 heteroatoms. The molecule has 0 saturated carbocycles. The van der Waals surface area contributed by atoms with Crippen molar-refractivity contribution in [2.45, 2.75) is 57.5 Å². The maximum Gasteiger partial charge on any atom is 0.273 e. The minimum absolute atomic E-state index is 0.0327. The molecule has 0 unspecified atom stereocenters. The van der Waals surface area contributed by atoms with Gasteiger partial charge in [-0.05, 0) is 36.6 Å². The number of pyridine rings is 1. The number of aromatic amines is 1. The number of fused-ring (bicyclic) bond motifs is 1. The number of aliphatic hydroxyl groups is 1. The fourth-order valence-corrected chi connectivity index (χ4v) is 4.33. The third-order valence-electron chi connectivity index (χ3n) is 6.20. The Kier molecular flexibility index (Phi) is 9.19. The van der Waals surface area contributed by atoms with E-state index in [0.29, 0.717) is 23.0 Å². The van der Waals surface area contributed by atoms with Crippen molar-refractivity contribution in [3.05, 3.63) is 76.1 Å². The molecular formula is C27H34F2N2O3. The number of halogens is 2. The number of phenolic OH excluding ortho intramolecular Hbond substituents is 1. The number of nitrogens with one attached hydrogen (secondary N) is 2. The summed E-state index contributed by atoms with van der Waals surface area (Å²) >= 11 is 0. The van der Waals surface area contributed by atoms with Crippen LogP contribution in [0.2, 0.25) is 0 Å². The zero-order chi connectivity index (χ0) is 24.6.